The van der Waals surface area contributed by atoms with Gasteiger partial charge in [-0.25, -0.2) is 5.43 Å². The van der Waals surface area contributed by atoms with Crippen molar-refractivity contribution >= 4 is 11.6 Å². The maximum absolute atomic E-state index is 12.2. The van der Waals surface area contributed by atoms with Gasteiger partial charge in [-0.15, -0.1) is 0 Å². The van der Waals surface area contributed by atoms with Gasteiger partial charge in [-0.05, 0) is 24.3 Å². The van der Waals surface area contributed by atoms with Crippen LogP contribution < -0.4 is 5.43 Å². The Labute approximate surface area is 139 Å². The summed E-state index contributed by atoms with van der Waals surface area (Å²) in [5, 5.41) is 14.0. The van der Waals surface area contributed by atoms with Crippen LogP contribution in [0.5, 0.6) is 5.75 Å². The second-order valence-corrected chi connectivity index (χ2v) is 5.00. The van der Waals surface area contributed by atoms with Gasteiger partial charge in [0.15, 0.2) is 0 Å². The van der Waals surface area contributed by atoms with E-state index in [2.05, 4.69) is 15.5 Å². The number of phenols is 1. The highest BCUT2D eigenvalue weighted by molar-refractivity contribution is 6.12. The maximum atomic E-state index is 12.2. The molecule has 1 amide bonds. The van der Waals surface area contributed by atoms with E-state index in [-0.39, 0.29) is 11.3 Å². The van der Waals surface area contributed by atoms with Gasteiger partial charge in [-0.3, -0.25) is 9.78 Å². The van der Waals surface area contributed by atoms with Crippen LogP contribution in [0.2, 0.25) is 0 Å². The summed E-state index contributed by atoms with van der Waals surface area (Å²) in [5.41, 5.74) is 4.66. The van der Waals surface area contributed by atoms with E-state index >= 15 is 0 Å². The fourth-order valence-corrected chi connectivity index (χ4v) is 2.20. The van der Waals surface area contributed by atoms with E-state index in [9.17, 15) is 9.90 Å². The van der Waals surface area contributed by atoms with Crippen LogP contribution in [0.15, 0.2) is 84.1 Å². The Morgan fingerprint density at radius 3 is 2.33 bits per heavy atom. The molecule has 2 aromatic carbocycles. The lowest BCUT2D eigenvalue weighted by Gasteiger charge is -2.07. The lowest BCUT2D eigenvalue weighted by atomic mass is 10.1. The first kappa shape index (κ1) is 15.4. The topological polar surface area (TPSA) is 74.6 Å². The lowest BCUT2D eigenvalue weighted by molar-refractivity contribution is 0.0952. The molecule has 118 valence electrons. The molecule has 5 nitrogen and oxygen atoms in total. The molecule has 1 aromatic heterocycles. The molecule has 3 aromatic rings. The molecule has 0 saturated carbocycles. The summed E-state index contributed by atoms with van der Waals surface area (Å²) in [5.74, 6) is -0.582. The molecule has 0 aliphatic carbocycles. The maximum Gasteiger partial charge on any atom is 0.275 e. The number of carbonyl (C=O) groups excluding carboxylic acids is 1. The molecular weight excluding hydrogens is 302 g/mol. The van der Waals surface area contributed by atoms with Crippen LogP contribution in [0.25, 0.3) is 0 Å². The van der Waals surface area contributed by atoms with Crippen molar-refractivity contribution in [2.24, 2.45) is 5.10 Å². The SMILES string of the molecule is O=C(NN=C(c1ccccc1)c1ccccn1)c1ccccc1O. The third kappa shape index (κ3) is 3.47. The van der Waals surface area contributed by atoms with Gasteiger partial charge in [-0.2, -0.15) is 5.10 Å². The molecule has 0 aliphatic heterocycles. The second kappa shape index (κ2) is 7.19. The average Bonchev–Trinajstić information content (AvgIpc) is 2.64. The standard InChI is InChI=1S/C19H15N3O2/c23-17-12-5-4-10-15(17)19(24)22-21-18(14-8-2-1-3-9-14)16-11-6-7-13-20-16/h1-13,23H,(H,22,24). The van der Waals surface area contributed by atoms with Crippen molar-refractivity contribution in [3.8, 4) is 5.75 Å². The fraction of sp³-hybridized carbons (Fsp3) is 0. The monoisotopic (exact) mass is 317 g/mol. The molecule has 0 fully saturated rings. The smallest absolute Gasteiger partial charge is 0.275 e. The lowest BCUT2D eigenvalue weighted by Crippen LogP contribution is -2.21. The number of aromatic hydroxyl groups is 1. The minimum absolute atomic E-state index is 0.0932. The van der Waals surface area contributed by atoms with Gasteiger partial charge in [0.2, 0.25) is 0 Å². The number of carbonyl (C=O) groups is 1. The first-order chi connectivity index (χ1) is 11.8. The molecule has 2 N–H and O–H groups in total. The highest BCUT2D eigenvalue weighted by atomic mass is 16.3. The van der Waals surface area contributed by atoms with Crippen molar-refractivity contribution in [1.29, 1.82) is 0 Å². The van der Waals surface area contributed by atoms with Crippen molar-refractivity contribution in [2.75, 3.05) is 0 Å². The zero-order valence-electron chi connectivity index (χ0n) is 12.8. The molecule has 3 rings (SSSR count). The van der Waals surface area contributed by atoms with Crippen LogP contribution in [0.1, 0.15) is 21.6 Å². The predicted octanol–water partition coefficient (Wildman–Crippen LogP) is 2.97. The van der Waals surface area contributed by atoms with Crippen LogP contribution >= 0.6 is 0 Å². The van der Waals surface area contributed by atoms with E-state index in [1.807, 2.05) is 48.5 Å². The summed E-state index contributed by atoms with van der Waals surface area (Å²) < 4.78 is 0. The molecule has 24 heavy (non-hydrogen) atoms. The van der Waals surface area contributed by atoms with E-state index in [4.69, 9.17) is 0 Å². The summed E-state index contributed by atoms with van der Waals surface area (Å²) in [6, 6.07) is 21.2. The Hall–Kier alpha value is -3.47. The number of hydrogen-bond acceptors (Lipinski definition) is 4. The van der Waals surface area contributed by atoms with Gasteiger partial charge < -0.3 is 5.11 Å². The fourth-order valence-electron chi connectivity index (χ4n) is 2.20. The minimum atomic E-state index is -0.488. The van der Waals surface area contributed by atoms with Gasteiger partial charge in [0.1, 0.15) is 11.5 Å². The molecule has 0 bridgehead atoms. The number of para-hydroxylation sites is 1. The Morgan fingerprint density at radius 2 is 1.62 bits per heavy atom. The van der Waals surface area contributed by atoms with E-state index < -0.39 is 5.91 Å². The van der Waals surface area contributed by atoms with E-state index in [1.54, 1.807) is 18.3 Å². The van der Waals surface area contributed by atoms with Crippen LogP contribution in [0.4, 0.5) is 0 Å². The van der Waals surface area contributed by atoms with Crippen LogP contribution in [0.3, 0.4) is 0 Å². The third-order valence-electron chi connectivity index (χ3n) is 3.37. The van der Waals surface area contributed by atoms with Crippen molar-refractivity contribution in [3.63, 3.8) is 0 Å². The number of hydrogen-bond donors (Lipinski definition) is 2. The number of benzene rings is 2. The highest BCUT2D eigenvalue weighted by Crippen LogP contribution is 2.15. The van der Waals surface area contributed by atoms with E-state index in [1.165, 1.54) is 12.1 Å². The Morgan fingerprint density at radius 1 is 0.917 bits per heavy atom. The number of hydrazone groups is 1. The molecule has 0 atom stereocenters. The zero-order chi connectivity index (χ0) is 16.8. The van der Waals surface area contributed by atoms with Gasteiger partial charge >= 0.3 is 0 Å². The number of rotatable bonds is 4. The molecule has 0 saturated heterocycles. The zero-order valence-corrected chi connectivity index (χ0v) is 12.8. The Balaban J connectivity index is 1.93. The summed E-state index contributed by atoms with van der Waals surface area (Å²) >= 11 is 0. The molecular formula is C19H15N3O2. The average molecular weight is 317 g/mol. The molecule has 0 unspecified atom stereocenters. The number of phenolic OH excluding ortho intramolecular Hbond substituents is 1. The van der Waals surface area contributed by atoms with E-state index in [0.29, 0.717) is 11.4 Å². The van der Waals surface area contributed by atoms with Gasteiger partial charge in [0.05, 0.1) is 11.3 Å². The highest BCUT2D eigenvalue weighted by Gasteiger charge is 2.12. The van der Waals surface area contributed by atoms with Gasteiger partial charge in [0, 0.05) is 11.8 Å². The minimum Gasteiger partial charge on any atom is -0.507 e. The van der Waals surface area contributed by atoms with E-state index in [0.717, 1.165) is 5.56 Å². The summed E-state index contributed by atoms with van der Waals surface area (Å²) in [7, 11) is 0. The van der Waals surface area contributed by atoms with Crippen LogP contribution in [-0.4, -0.2) is 21.7 Å². The summed E-state index contributed by atoms with van der Waals surface area (Å²) in [4.78, 5) is 16.5. The Kier molecular flexibility index (Phi) is 4.62. The summed E-state index contributed by atoms with van der Waals surface area (Å²) in [6.07, 6.45) is 1.67. The number of pyridine rings is 1. The first-order valence-electron chi connectivity index (χ1n) is 7.38. The number of amides is 1. The normalized spacial score (nSPS) is 11.1. The first-order valence-corrected chi connectivity index (χ1v) is 7.38. The number of nitrogens with zero attached hydrogens (tertiary/aromatic N) is 2. The van der Waals surface area contributed by atoms with Crippen LogP contribution in [0, 0.1) is 0 Å². The van der Waals surface area contributed by atoms with Crippen molar-refractivity contribution in [2.45, 2.75) is 0 Å². The molecule has 1 heterocycles. The van der Waals surface area contributed by atoms with Gasteiger partial charge in [-0.1, -0.05) is 48.5 Å². The predicted molar refractivity (Wildman–Crippen MR) is 91.9 cm³/mol. The second-order valence-electron chi connectivity index (χ2n) is 5.00. The Bertz CT molecular complexity index is 821. The van der Waals surface area contributed by atoms with Crippen molar-refractivity contribution in [1.82, 2.24) is 10.4 Å². The third-order valence-corrected chi connectivity index (χ3v) is 3.37. The molecule has 5 heteroatoms. The van der Waals surface area contributed by atoms with Crippen molar-refractivity contribution in [3.05, 3.63) is 95.8 Å². The number of aromatic nitrogens is 1. The van der Waals surface area contributed by atoms with Crippen molar-refractivity contribution < 1.29 is 9.90 Å². The largest absolute Gasteiger partial charge is 0.507 e. The number of nitrogens with one attached hydrogen (secondary N) is 1. The van der Waals surface area contributed by atoms with Crippen LogP contribution in [-0.2, 0) is 0 Å². The molecule has 0 spiro atoms. The summed E-state index contributed by atoms with van der Waals surface area (Å²) in [6.45, 7) is 0. The van der Waals surface area contributed by atoms with Gasteiger partial charge in [0.25, 0.3) is 5.91 Å². The quantitative estimate of drug-likeness (QED) is 0.574. The molecule has 0 aliphatic rings. The molecule has 0 radical (unpaired) electrons.